The molecule has 16 N–H and O–H groups in total. The molecule has 15 atom stereocenters. The van der Waals surface area contributed by atoms with Gasteiger partial charge in [0.25, 0.3) is 7.82 Å². The van der Waals surface area contributed by atoms with Crippen molar-refractivity contribution >= 4 is 77.3 Å². The monoisotopic (exact) mass is 1350 g/mol. The van der Waals surface area contributed by atoms with Crippen molar-refractivity contribution in [3.8, 4) is 0 Å². The molecule has 2 fully saturated rings. The Hall–Kier alpha value is -6.53. The number of primary amides is 6. The van der Waals surface area contributed by atoms with Gasteiger partial charge < -0.3 is 84.0 Å². The zero-order valence-electron chi connectivity index (χ0n) is 53.9. The van der Waals surface area contributed by atoms with E-state index < -0.39 is 143 Å². The summed E-state index contributed by atoms with van der Waals surface area (Å²) in [7, 11) is -5.32. The standard InChI is InChI=1S/C62H90N13O14P.Co.H2O/c1-29-20-39-40(21-30(29)2)75(28-70-39)57-52(84)53(41(27-76)87-57)89-90(85,86)88-31(3)26-69-49(83)18-19-59(8)37(22-46(66)80)56-62(11)61(10,25-48(68)82)36(14-17-45(65)79)51(74-62)33(5)55-60(9,24-47(67)81)34(12-15-43(63)77)38(71-55)23-42-58(6,7)35(13-16-44(64)78)50(72-42)32(4)54(59)73-56;;/h20-21,23,28,31,34-37,41,52-53,56-57,76,84H,12-19,22,24-27H2,1-11H3,(H15,63,64,65,66,67,68,69,71,72,73,74,77,78,79,80,81,82,83,85,86);;1H2/q;+3;/p-3/t31-,34+,35+,36+,37-,41+,52+,53+,56?,57-,59+,60-,61-,62-;;/m0../s1. The number of carbonyl (C=O) groups is 7. The number of fused-ring (bicyclic) bond motifs is 7. The summed E-state index contributed by atoms with van der Waals surface area (Å²) in [5.74, 6) is -7.40. The van der Waals surface area contributed by atoms with Crippen LogP contribution in [0.4, 0.5) is 0 Å². The Morgan fingerprint density at radius 1 is 0.793 bits per heavy atom. The molecule has 0 spiro atoms. The number of hydrogen-bond acceptors (Lipinski definition) is 19. The van der Waals surface area contributed by atoms with Crippen molar-refractivity contribution in [3.63, 3.8) is 0 Å². The van der Waals surface area contributed by atoms with Gasteiger partial charge in [-0.1, -0.05) is 40.7 Å². The van der Waals surface area contributed by atoms with Gasteiger partial charge in [0.15, 0.2) is 6.23 Å². The predicted molar refractivity (Wildman–Crippen MR) is 334 cm³/mol. The number of carbonyl (C=O) groups excluding carboxylic acids is 7. The van der Waals surface area contributed by atoms with Crippen molar-refractivity contribution < 1.29 is 89.3 Å². The van der Waals surface area contributed by atoms with Crippen LogP contribution >= 0.6 is 7.82 Å². The third-order valence-corrected chi connectivity index (χ3v) is 21.6. The third-order valence-electron chi connectivity index (χ3n) is 20.5. The summed E-state index contributed by atoms with van der Waals surface area (Å²) in [6, 6.07) is 2.65. The molecule has 8 rings (SSSR count). The molecule has 506 valence electrons. The maximum Gasteiger partial charge on any atom is 3.00 e. The Morgan fingerprint density at radius 2 is 1.38 bits per heavy atom. The number of imidazole rings is 1. The van der Waals surface area contributed by atoms with Crippen LogP contribution in [0.25, 0.3) is 16.4 Å². The summed E-state index contributed by atoms with van der Waals surface area (Å²) in [5.41, 5.74) is 36.7. The Bertz CT molecular complexity index is 3550. The second kappa shape index (κ2) is 27.8. The number of nitrogens with one attached hydrogen (secondary N) is 1. The molecule has 7 amide bonds. The summed E-state index contributed by atoms with van der Waals surface area (Å²) in [5, 5.41) is 30.1. The number of aliphatic imine (C=N–C) groups is 3. The molecule has 0 aliphatic carbocycles. The van der Waals surface area contributed by atoms with Crippen molar-refractivity contribution in [1.82, 2.24) is 14.9 Å². The van der Waals surface area contributed by atoms with Crippen LogP contribution in [-0.4, -0.2) is 133 Å². The van der Waals surface area contributed by atoms with E-state index in [2.05, 4.69) is 10.3 Å². The Morgan fingerprint density at radius 3 is 1.96 bits per heavy atom. The molecule has 2 saturated heterocycles. The van der Waals surface area contributed by atoms with Crippen LogP contribution in [0.2, 0.25) is 0 Å². The van der Waals surface area contributed by atoms with E-state index in [4.69, 9.17) is 68.5 Å². The van der Waals surface area contributed by atoms with Crippen LogP contribution in [0.5, 0.6) is 0 Å². The van der Waals surface area contributed by atoms with Crippen molar-refractivity contribution in [2.75, 3.05) is 13.2 Å². The molecule has 2 aromatic rings. The van der Waals surface area contributed by atoms with Gasteiger partial charge in [-0.05, 0) is 119 Å². The maximum absolute atomic E-state index is 14.4. The van der Waals surface area contributed by atoms with Gasteiger partial charge in [0, 0.05) is 108 Å². The number of ether oxygens (including phenoxy) is 1. The van der Waals surface area contributed by atoms with Gasteiger partial charge in [-0.25, -0.2) is 4.98 Å². The molecule has 28 nitrogen and oxygen atoms in total. The van der Waals surface area contributed by atoms with Crippen LogP contribution in [0.3, 0.4) is 0 Å². The molecular weight excluding hydrogens is 1260 g/mol. The third kappa shape index (κ3) is 14.1. The zero-order chi connectivity index (χ0) is 66.7. The maximum atomic E-state index is 14.4. The molecule has 6 aliphatic heterocycles. The van der Waals surface area contributed by atoms with E-state index in [1.807, 2.05) is 80.5 Å². The minimum absolute atomic E-state index is 0. The molecule has 1 aromatic heterocycles. The van der Waals surface area contributed by atoms with E-state index >= 15 is 0 Å². The van der Waals surface area contributed by atoms with Gasteiger partial charge >= 0.3 is 16.8 Å². The number of phosphoric ester groups is 1. The smallest absolute Gasteiger partial charge is 0.870 e. The van der Waals surface area contributed by atoms with Gasteiger partial charge in [0.1, 0.15) is 18.3 Å². The minimum Gasteiger partial charge on any atom is -0.870 e. The van der Waals surface area contributed by atoms with Crippen LogP contribution in [0.1, 0.15) is 150 Å². The summed E-state index contributed by atoms with van der Waals surface area (Å²) in [6.07, 6.45) is -4.79. The summed E-state index contributed by atoms with van der Waals surface area (Å²) >= 11 is 0. The fourth-order valence-corrected chi connectivity index (χ4v) is 16.4. The van der Waals surface area contributed by atoms with Crippen LogP contribution in [0, 0.1) is 59.2 Å². The summed E-state index contributed by atoms with van der Waals surface area (Å²) in [6.45, 7) is 19.0. The second-order valence-corrected chi connectivity index (χ2v) is 28.3. The first kappa shape index (κ1) is 74.5. The molecule has 0 saturated carbocycles. The first-order valence-electron chi connectivity index (χ1n) is 30.5. The molecule has 2 unspecified atom stereocenters. The van der Waals surface area contributed by atoms with Crippen molar-refractivity contribution in [1.29, 1.82) is 0 Å². The first-order chi connectivity index (χ1) is 41.8. The van der Waals surface area contributed by atoms with Crippen molar-refractivity contribution in [2.45, 2.75) is 189 Å². The number of nitrogens with zero attached hydrogens (tertiary/aromatic N) is 6. The molecule has 1 aromatic carbocycles. The fraction of sp³-hybridized carbons (Fsp3) is 0.629. The SMILES string of the molecule is C/C1=C2/[N-]C([C@H](CC(N)=O)[C@@]2(C)CCC(=O)NC[C@H](C)OP(=O)([O-])O[C@H]2[C@@H](O)[C@@H](n3cnc4cc(C)c(C)cc43)O[C@@H]2CO)[C@]2(C)N=C(/C(C)=C3N=C(/C=C4N=C1[C@@H](CCC(N)=O)C\4(C)C)[C@@H](CCC(N)=O)[C@]\3(C)CC(N)=O)[C@@H](CCC(N)=O)[C@]2(C)CC(N)=O.[Co+3].[OH-]. The van der Waals surface area contributed by atoms with Crippen molar-refractivity contribution in [2.24, 2.45) is 94.7 Å². The van der Waals surface area contributed by atoms with Crippen LogP contribution in [0.15, 0.2) is 67.8 Å². The zero-order valence-corrected chi connectivity index (χ0v) is 55.9. The average Bonchev–Trinajstić information content (AvgIpc) is 1.53. The Labute approximate surface area is 545 Å². The largest absolute Gasteiger partial charge is 3.00 e. The fourth-order valence-electron chi connectivity index (χ4n) is 15.3. The van der Waals surface area contributed by atoms with E-state index in [0.717, 1.165) is 11.1 Å². The number of hydrogen-bond donors (Lipinski definition) is 9. The predicted octanol–water partition coefficient (Wildman–Crippen LogP) is 3.14. The van der Waals surface area contributed by atoms with E-state index in [1.165, 1.54) is 17.8 Å². The number of aliphatic hydroxyl groups excluding tert-OH is 2. The second-order valence-electron chi connectivity index (χ2n) is 27.0. The number of amides is 7. The Balaban J connectivity index is 0.00000672. The first-order valence-corrected chi connectivity index (χ1v) is 32.0. The number of rotatable bonds is 26. The molecular formula is C62H89CoN13O15P. The molecule has 7 heterocycles. The quantitative estimate of drug-likeness (QED) is 0.0611. The van der Waals surface area contributed by atoms with E-state index in [1.54, 1.807) is 6.92 Å². The normalized spacial score (nSPS) is 33.5. The summed E-state index contributed by atoms with van der Waals surface area (Å²) in [4.78, 5) is 128. The van der Waals surface area contributed by atoms with Crippen LogP contribution < -0.4 is 44.6 Å². The number of aliphatic hydroxyl groups is 2. The number of aryl methyl sites for hydroxylation is 2. The average molecular weight is 1350 g/mol. The molecule has 8 bridgehead atoms. The number of benzene rings is 1. The minimum atomic E-state index is -5.32. The van der Waals surface area contributed by atoms with Gasteiger partial charge in [-0.3, -0.25) is 53.1 Å². The number of allylic oxidation sites excluding steroid dienone is 6. The molecule has 30 heteroatoms. The van der Waals surface area contributed by atoms with Crippen LogP contribution in [-0.2, 0) is 68.7 Å². The van der Waals surface area contributed by atoms with Gasteiger partial charge in [-0.2, -0.15) is 5.70 Å². The van der Waals surface area contributed by atoms with E-state index in [-0.39, 0.29) is 99.4 Å². The summed E-state index contributed by atoms with van der Waals surface area (Å²) < 4.78 is 31.9. The van der Waals surface area contributed by atoms with Gasteiger partial charge in [0.05, 0.1) is 41.3 Å². The van der Waals surface area contributed by atoms with Gasteiger partial charge in [0.2, 0.25) is 41.4 Å². The number of aromatic nitrogens is 2. The van der Waals surface area contributed by atoms with Crippen molar-refractivity contribution in [3.05, 3.63) is 69.2 Å². The molecule has 92 heavy (non-hydrogen) atoms. The molecule has 0 radical (unpaired) electrons. The topological polar surface area (TPSA) is 495 Å². The molecule has 6 aliphatic rings. The Kier molecular flexibility index (Phi) is 22.5. The van der Waals surface area contributed by atoms with E-state index in [0.29, 0.717) is 56.4 Å². The van der Waals surface area contributed by atoms with E-state index in [9.17, 15) is 53.2 Å². The van der Waals surface area contributed by atoms with Gasteiger partial charge in [-0.15, -0.1) is 0 Å². The number of nitrogens with two attached hydrogens (primary N) is 6. The number of phosphoric acid groups is 1.